The highest BCUT2D eigenvalue weighted by atomic mass is 16.4. The highest BCUT2D eigenvalue weighted by Crippen LogP contribution is 2.23. The lowest BCUT2D eigenvalue weighted by Crippen LogP contribution is -2.60. The van der Waals surface area contributed by atoms with E-state index in [0.29, 0.717) is 0 Å². The van der Waals surface area contributed by atoms with Crippen LogP contribution in [-0.4, -0.2) is 29.0 Å². The molecule has 5 heteroatoms. The van der Waals surface area contributed by atoms with Crippen LogP contribution in [0.1, 0.15) is 58.8 Å². The van der Waals surface area contributed by atoms with Crippen molar-refractivity contribution in [1.29, 1.82) is 0 Å². The second-order valence-electron chi connectivity index (χ2n) is 5.56. The third-order valence-electron chi connectivity index (χ3n) is 3.91. The summed E-state index contributed by atoms with van der Waals surface area (Å²) in [6.45, 7) is 3.88. The molecular formula is C15H27N3O2. The Morgan fingerprint density at radius 3 is 2.60 bits per heavy atom. The van der Waals surface area contributed by atoms with E-state index < -0.39 is 5.97 Å². The van der Waals surface area contributed by atoms with Crippen molar-refractivity contribution in [1.82, 2.24) is 0 Å². The molecule has 0 saturated carbocycles. The molecule has 0 saturated heterocycles. The van der Waals surface area contributed by atoms with Crippen LogP contribution in [0, 0.1) is 0 Å². The van der Waals surface area contributed by atoms with E-state index in [-0.39, 0.29) is 17.2 Å². The Morgan fingerprint density at radius 1 is 1.35 bits per heavy atom. The molecule has 1 aliphatic rings. The SMILES string of the molecule is CCCCCCCCC1=NC=C[N+]1(CC(=O)[O-])C(C)N. The number of nitrogens with zero attached hydrogens (tertiary/aromatic N) is 2. The summed E-state index contributed by atoms with van der Waals surface area (Å²) >= 11 is 0. The van der Waals surface area contributed by atoms with E-state index in [1.54, 1.807) is 12.4 Å². The van der Waals surface area contributed by atoms with Gasteiger partial charge in [-0.2, -0.15) is 0 Å². The van der Waals surface area contributed by atoms with Crippen molar-refractivity contribution in [3.8, 4) is 0 Å². The van der Waals surface area contributed by atoms with Gasteiger partial charge in [-0.05, 0) is 6.42 Å². The van der Waals surface area contributed by atoms with Crippen molar-refractivity contribution in [2.75, 3.05) is 6.54 Å². The van der Waals surface area contributed by atoms with Crippen LogP contribution in [0.15, 0.2) is 17.4 Å². The van der Waals surface area contributed by atoms with E-state index in [4.69, 9.17) is 5.73 Å². The van der Waals surface area contributed by atoms with Crippen molar-refractivity contribution in [2.24, 2.45) is 10.7 Å². The van der Waals surface area contributed by atoms with Gasteiger partial charge in [-0.3, -0.25) is 5.73 Å². The highest BCUT2D eigenvalue weighted by molar-refractivity contribution is 5.81. The molecule has 0 amide bonds. The fourth-order valence-electron chi connectivity index (χ4n) is 2.64. The number of carbonyl (C=O) groups excluding carboxylic acids is 1. The summed E-state index contributed by atoms with van der Waals surface area (Å²) in [6, 6.07) is 0. The van der Waals surface area contributed by atoms with Gasteiger partial charge in [-0.1, -0.05) is 39.0 Å². The van der Waals surface area contributed by atoms with E-state index in [2.05, 4.69) is 11.9 Å². The average Bonchev–Trinajstić information content (AvgIpc) is 2.77. The van der Waals surface area contributed by atoms with Crippen LogP contribution in [0.25, 0.3) is 0 Å². The van der Waals surface area contributed by atoms with Crippen LogP contribution in [-0.2, 0) is 4.79 Å². The smallest absolute Gasteiger partial charge is 0.209 e. The minimum Gasteiger partial charge on any atom is -0.544 e. The number of aliphatic imine (C=N–C) groups is 1. The molecule has 0 aromatic carbocycles. The van der Waals surface area contributed by atoms with E-state index in [9.17, 15) is 9.90 Å². The van der Waals surface area contributed by atoms with Gasteiger partial charge < -0.3 is 9.90 Å². The zero-order valence-corrected chi connectivity index (χ0v) is 12.7. The number of unbranched alkanes of at least 4 members (excludes halogenated alkanes) is 5. The summed E-state index contributed by atoms with van der Waals surface area (Å²) in [4.78, 5) is 15.3. The number of carboxylic acids is 1. The van der Waals surface area contributed by atoms with Gasteiger partial charge in [0.25, 0.3) is 0 Å². The molecule has 2 N–H and O–H groups in total. The first kappa shape index (κ1) is 16.9. The maximum Gasteiger partial charge on any atom is 0.209 e. The number of carboxylic acid groups (broad SMARTS) is 1. The molecule has 0 aliphatic carbocycles. The zero-order chi connectivity index (χ0) is 15.0. The molecule has 0 aromatic rings. The van der Waals surface area contributed by atoms with Crippen molar-refractivity contribution in [3.63, 3.8) is 0 Å². The topological polar surface area (TPSA) is 78.5 Å². The first-order valence-electron chi connectivity index (χ1n) is 7.60. The summed E-state index contributed by atoms with van der Waals surface area (Å²) in [7, 11) is 0. The van der Waals surface area contributed by atoms with Crippen LogP contribution in [0.3, 0.4) is 0 Å². The quantitative estimate of drug-likeness (QED) is 0.487. The van der Waals surface area contributed by atoms with Gasteiger partial charge in [0.1, 0.15) is 18.9 Å². The van der Waals surface area contributed by atoms with Crippen molar-refractivity contribution < 1.29 is 14.4 Å². The Balaban J connectivity index is 2.49. The van der Waals surface area contributed by atoms with E-state index in [0.717, 1.165) is 25.1 Å². The molecule has 0 radical (unpaired) electrons. The maximum atomic E-state index is 11.0. The molecule has 114 valence electrons. The van der Waals surface area contributed by atoms with E-state index >= 15 is 0 Å². The highest BCUT2D eigenvalue weighted by Gasteiger charge is 2.38. The predicted molar refractivity (Wildman–Crippen MR) is 78.4 cm³/mol. The third-order valence-corrected chi connectivity index (χ3v) is 3.91. The van der Waals surface area contributed by atoms with Crippen LogP contribution in [0.5, 0.6) is 0 Å². The first-order chi connectivity index (χ1) is 9.53. The van der Waals surface area contributed by atoms with E-state index in [1.165, 1.54) is 25.7 Å². The zero-order valence-electron chi connectivity index (χ0n) is 12.7. The van der Waals surface area contributed by atoms with Gasteiger partial charge in [-0.25, -0.2) is 9.48 Å². The van der Waals surface area contributed by atoms with E-state index in [1.807, 2.05) is 6.92 Å². The molecule has 1 heterocycles. The van der Waals surface area contributed by atoms with Crippen LogP contribution in [0.2, 0.25) is 0 Å². The number of quaternary nitrogens is 1. The monoisotopic (exact) mass is 281 g/mol. The van der Waals surface area contributed by atoms with Gasteiger partial charge >= 0.3 is 0 Å². The molecule has 20 heavy (non-hydrogen) atoms. The van der Waals surface area contributed by atoms with Crippen LogP contribution >= 0.6 is 0 Å². The number of aliphatic carboxylic acids is 1. The Morgan fingerprint density at radius 2 is 2.00 bits per heavy atom. The molecule has 0 fully saturated rings. The summed E-state index contributed by atoms with van der Waals surface area (Å²) in [5.74, 6) is -0.246. The minimum absolute atomic E-state index is 0.108. The lowest BCUT2D eigenvalue weighted by molar-refractivity contribution is -0.808. The normalized spacial score (nSPS) is 22.9. The average molecular weight is 281 g/mol. The number of hydrogen-bond donors (Lipinski definition) is 1. The molecule has 1 rings (SSSR count). The molecule has 2 atom stereocenters. The summed E-state index contributed by atoms with van der Waals surface area (Å²) in [5, 5.41) is 11.0. The second kappa shape index (κ2) is 8.17. The Labute approximate surface area is 121 Å². The standard InChI is InChI=1S/C15H27N3O2/c1-3-4-5-6-7-8-9-14-17-10-11-18(14,13(2)16)12-15(19)20/h10-11,13H,3-9,12,16H2,1-2H3. The molecule has 2 unspecified atom stereocenters. The molecule has 1 aliphatic heterocycles. The first-order valence-corrected chi connectivity index (χ1v) is 7.60. The lowest BCUT2D eigenvalue weighted by Gasteiger charge is -2.36. The Kier molecular flexibility index (Phi) is 6.88. The van der Waals surface area contributed by atoms with Crippen LogP contribution < -0.4 is 10.8 Å². The summed E-state index contributed by atoms with van der Waals surface area (Å²) in [5.41, 5.74) is 5.99. The molecule has 5 nitrogen and oxygen atoms in total. The summed E-state index contributed by atoms with van der Waals surface area (Å²) in [6.07, 6.45) is 11.1. The number of hydrogen-bond acceptors (Lipinski definition) is 4. The van der Waals surface area contributed by atoms with Gasteiger partial charge in [-0.15, -0.1) is 0 Å². The number of carbonyl (C=O) groups is 1. The second-order valence-corrected chi connectivity index (χ2v) is 5.56. The molecule has 0 spiro atoms. The maximum absolute atomic E-state index is 11.0. The molecule has 0 aromatic heterocycles. The van der Waals surface area contributed by atoms with Gasteiger partial charge in [0.05, 0.1) is 12.2 Å². The number of rotatable bonds is 10. The summed E-state index contributed by atoms with van der Waals surface area (Å²) < 4.78 is 0.108. The number of nitrogens with two attached hydrogens (primary N) is 1. The molecular weight excluding hydrogens is 254 g/mol. The van der Waals surface area contributed by atoms with Crippen LogP contribution in [0.4, 0.5) is 0 Å². The van der Waals surface area contributed by atoms with Crippen molar-refractivity contribution in [2.45, 2.75) is 65.0 Å². The van der Waals surface area contributed by atoms with Gasteiger partial charge in [0.2, 0.25) is 5.84 Å². The minimum atomic E-state index is -1.09. The fraction of sp³-hybridized carbons (Fsp3) is 0.733. The largest absolute Gasteiger partial charge is 0.544 e. The third kappa shape index (κ3) is 4.42. The lowest BCUT2D eigenvalue weighted by atomic mass is 10.1. The van der Waals surface area contributed by atoms with Crippen molar-refractivity contribution >= 4 is 11.8 Å². The predicted octanol–water partition coefficient (Wildman–Crippen LogP) is 1.49. The Hall–Kier alpha value is -1.20. The Bertz CT molecular complexity index is 377. The molecule has 0 bridgehead atoms. The fourth-order valence-corrected chi connectivity index (χ4v) is 2.64. The van der Waals surface area contributed by atoms with Crippen molar-refractivity contribution in [3.05, 3.63) is 12.4 Å². The van der Waals surface area contributed by atoms with Gasteiger partial charge in [0, 0.05) is 13.3 Å². The number of amidine groups is 1. The van der Waals surface area contributed by atoms with Gasteiger partial charge in [0.15, 0.2) is 0 Å².